The van der Waals surface area contributed by atoms with E-state index in [0.29, 0.717) is 12.4 Å². The first kappa shape index (κ1) is 12.5. The number of carbonyl (C=O) groups is 1. The Morgan fingerprint density at radius 2 is 1.85 bits per heavy atom. The van der Waals surface area contributed by atoms with Crippen LogP contribution in [-0.2, 0) is 6.54 Å². The van der Waals surface area contributed by atoms with Gasteiger partial charge in [0.1, 0.15) is 5.82 Å². The van der Waals surface area contributed by atoms with Crippen LogP contribution in [0.15, 0.2) is 42.5 Å². The van der Waals surface area contributed by atoms with Crippen molar-refractivity contribution in [1.29, 1.82) is 0 Å². The maximum Gasteiger partial charge on any atom is 0.185 e. The second-order valence-corrected chi connectivity index (χ2v) is 4.54. The molecule has 0 atom stereocenters. The summed E-state index contributed by atoms with van der Waals surface area (Å²) in [7, 11) is 0. The third-order valence-corrected chi connectivity index (χ3v) is 3.38. The lowest BCUT2D eigenvalue weighted by Crippen LogP contribution is -1.99. The number of imidazole rings is 1. The van der Waals surface area contributed by atoms with Gasteiger partial charge in [0.15, 0.2) is 12.1 Å². The first-order valence-electron chi connectivity index (χ1n) is 6.44. The van der Waals surface area contributed by atoms with Crippen LogP contribution in [0.1, 0.15) is 17.5 Å². The normalized spacial score (nSPS) is 10.9. The molecule has 0 aliphatic carbocycles. The number of rotatable bonds is 3. The van der Waals surface area contributed by atoms with Gasteiger partial charge in [-0.2, -0.15) is 0 Å². The molecule has 0 amide bonds. The average Bonchev–Trinajstić information content (AvgIpc) is 2.84. The van der Waals surface area contributed by atoms with E-state index >= 15 is 0 Å². The molecule has 0 spiro atoms. The minimum absolute atomic E-state index is 0.253. The van der Waals surface area contributed by atoms with Crippen molar-refractivity contribution in [3.8, 4) is 11.1 Å². The van der Waals surface area contributed by atoms with Crippen LogP contribution < -0.4 is 0 Å². The van der Waals surface area contributed by atoms with Crippen molar-refractivity contribution < 1.29 is 9.18 Å². The Morgan fingerprint density at radius 3 is 2.50 bits per heavy atom. The molecular formula is C16H13FN2O. The maximum atomic E-state index is 13.0. The van der Waals surface area contributed by atoms with E-state index in [1.807, 2.05) is 29.7 Å². The molecule has 1 heterocycles. The summed E-state index contributed by atoms with van der Waals surface area (Å²) in [5.41, 5.74) is 3.62. The molecule has 2 aromatic carbocycles. The van der Waals surface area contributed by atoms with Crippen molar-refractivity contribution in [3.05, 3.63) is 54.1 Å². The highest BCUT2D eigenvalue weighted by Gasteiger charge is 2.09. The maximum absolute atomic E-state index is 13.0. The fourth-order valence-corrected chi connectivity index (χ4v) is 2.39. The summed E-state index contributed by atoms with van der Waals surface area (Å²) in [6, 6.07) is 12.1. The molecule has 0 aliphatic rings. The molecule has 4 heteroatoms. The molecule has 3 aromatic rings. The summed E-state index contributed by atoms with van der Waals surface area (Å²) in [5.74, 6) is 0.176. The van der Waals surface area contributed by atoms with E-state index in [0.717, 1.165) is 28.4 Å². The quantitative estimate of drug-likeness (QED) is 0.679. The zero-order chi connectivity index (χ0) is 14.1. The lowest BCUT2D eigenvalue weighted by molar-refractivity contribution is 0.111. The van der Waals surface area contributed by atoms with E-state index < -0.39 is 0 Å². The van der Waals surface area contributed by atoms with Crippen molar-refractivity contribution >= 4 is 17.3 Å². The monoisotopic (exact) mass is 268 g/mol. The van der Waals surface area contributed by atoms with Crippen molar-refractivity contribution in [2.45, 2.75) is 13.5 Å². The summed E-state index contributed by atoms with van der Waals surface area (Å²) in [6.45, 7) is 2.65. The van der Waals surface area contributed by atoms with Crippen molar-refractivity contribution in [2.24, 2.45) is 0 Å². The number of benzene rings is 2. The van der Waals surface area contributed by atoms with E-state index in [1.165, 1.54) is 12.1 Å². The second-order valence-electron chi connectivity index (χ2n) is 4.54. The Morgan fingerprint density at radius 1 is 1.15 bits per heavy atom. The molecule has 0 radical (unpaired) electrons. The Hall–Kier alpha value is -2.49. The third-order valence-electron chi connectivity index (χ3n) is 3.38. The molecule has 20 heavy (non-hydrogen) atoms. The van der Waals surface area contributed by atoms with E-state index in [4.69, 9.17) is 0 Å². The van der Waals surface area contributed by atoms with Crippen LogP contribution in [0.2, 0.25) is 0 Å². The molecular weight excluding hydrogens is 255 g/mol. The molecule has 0 aliphatic heterocycles. The summed E-state index contributed by atoms with van der Waals surface area (Å²) >= 11 is 0. The number of fused-ring (bicyclic) bond motifs is 1. The molecule has 0 unspecified atom stereocenters. The zero-order valence-corrected chi connectivity index (χ0v) is 11.0. The van der Waals surface area contributed by atoms with E-state index in [-0.39, 0.29) is 5.82 Å². The SMILES string of the molecule is CCn1c(C=O)nc2ccc(-c3ccc(F)cc3)cc21. The Bertz CT molecular complexity index is 775. The first-order chi connectivity index (χ1) is 9.72. The van der Waals surface area contributed by atoms with Crippen molar-refractivity contribution in [2.75, 3.05) is 0 Å². The van der Waals surface area contributed by atoms with Crippen LogP contribution in [0.5, 0.6) is 0 Å². The van der Waals surface area contributed by atoms with E-state index in [9.17, 15) is 9.18 Å². The van der Waals surface area contributed by atoms with E-state index in [1.54, 1.807) is 12.1 Å². The minimum Gasteiger partial charge on any atom is -0.322 e. The summed E-state index contributed by atoms with van der Waals surface area (Å²) in [4.78, 5) is 15.3. The highest BCUT2D eigenvalue weighted by atomic mass is 19.1. The minimum atomic E-state index is -0.253. The van der Waals surface area contributed by atoms with Crippen LogP contribution in [0.4, 0.5) is 4.39 Å². The topological polar surface area (TPSA) is 34.9 Å². The van der Waals surface area contributed by atoms with Gasteiger partial charge in [-0.05, 0) is 42.3 Å². The number of halogens is 1. The molecule has 100 valence electrons. The van der Waals surface area contributed by atoms with Gasteiger partial charge in [0.25, 0.3) is 0 Å². The van der Waals surface area contributed by atoms with Gasteiger partial charge in [0.05, 0.1) is 11.0 Å². The largest absolute Gasteiger partial charge is 0.322 e. The molecule has 1 aromatic heterocycles. The highest BCUT2D eigenvalue weighted by Crippen LogP contribution is 2.25. The second kappa shape index (κ2) is 4.89. The fraction of sp³-hybridized carbons (Fsp3) is 0.125. The van der Waals surface area contributed by atoms with Crippen LogP contribution in [0.3, 0.4) is 0 Å². The Kier molecular flexibility index (Phi) is 3.06. The Labute approximate surface area is 115 Å². The predicted molar refractivity (Wildman–Crippen MR) is 76.2 cm³/mol. The Balaban J connectivity index is 2.18. The van der Waals surface area contributed by atoms with Gasteiger partial charge >= 0.3 is 0 Å². The van der Waals surface area contributed by atoms with Crippen molar-refractivity contribution in [3.63, 3.8) is 0 Å². The van der Waals surface area contributed by atoms with Gasteiger partial charge < -0.3 is 4.57 Å². The van der Waals surface area contributed by atoms with Gasteiger partial charge in [-0.3, -0.25) is 4.79 Å². The predicted octanol–water partition coefficient (Wildman–Crippen LogP) is 3.67. The van der Waals surface area contributed by atoms with Crippen molar-refractivity contribution in [1.82, 2.24) is 9.55 Å². The molecule has 3 nitrogen and oxygen atoms in total. The summed E-state index contributed by atoms with van der Waals surface area (Å²) in [5, 5.41) is 0. The third kappa shape index (κ3) is 1.99. The number of nitrogens with zero attached hydrogens (tertiary/aromatic N) is 2. The van der Waals surface area contributed by atoms with E-state index in [2.05, 4.69) is 4.98 Å². The molecule has 0 fully saturated rings. The van der Waals surface area contributed by atoms with Gasteiger partial charge in [-0.1, -0.05) is 18.2 Å². The average molecular weight is 268 g/mol. The van der Waals surface area contributed by atoms with Crippen LogP contribution in [0, 0.1) is 5.82 Å². The number of aromatic nitrogens is 2. The molecule has 0 bridgehead atoms. The molecule has 0 N–H and O–H groups in total. The van der Waals surface area contributed by atoms with Gasteiger partial charge in [0.2, 0.25) is 0 Å². The smallest absolute Gasteiger partial charge is 0.185 e. The fourth-order valence-electron chi connectivity index (χ4n) is 2.39. The number of aryl methyl sites for hydroxylation is 1. The van der Waals surface area contributed by atoms with Crippen LogP contribution in [-0.4, -0.2) is 15.8 Å². The first-order valence-corrected chi connectivity index (χ1v) is 6.44. The van der Waals surface area contributed by atoms with Gasteiger partial charge in [-0.25, -0.2) is 9.37 Å². The summed E-state index contributed by atoms with van der Waals surface area (Å²) in [6.07, 6.45) is 0.765. The standard InChI is InChI=1S/C16H13FN2O/c1-2-19-15-9-12(11-3-6-13(17)7-4-11)5-8-14(15)18-16(19)10-20/h3-10H,2H2,1H3. The molecule has 3 rings (SSSR count). The number of hydrogen-bond acceptors (Lipinski definition) is 2. The van der Waals surface area contributed by atoms with Gasteiger partial charge in [-0.15, -0.1) is 0 Å². The summed E-state index contributed by atoms with van der Waals surface area (Å²) < 4.78 is 14.8. The molecule has 0 saturated carbocycles. The lowest BCUT2D eigenvalue weighted by atomic mass is 10.1. The number of aldehydes is 1. The zero-order valence-electron chi connectivity index (χ0n) is 11.0. The highest BCUT2D eigenvalue weighted by molar-refractivity contribution is 5.86. The number of hydrogen-bond donors (Lipinski definition) is 0. The van der Waals surface area contributed by atoms with Crippen LogP contribution >= 0.6 is 0 Å². The lowest BCUT2D eigenvalue weighted by Gasteiger charge is -2.04. The molecule has 0 saturated heterocycles. The van der Waals surface area contributed by atoms with Crippen LogP contribution in [0.25, 0.3) is 22.2 Å². The van der Waals surface area contributed by atoms with Gasteiger partial charge in [0, 0.05) is 6.54 Å². The number of carbonyl (C=O) groups excluding carboxylic acids is 1.